The van der Waals surface area contributed by atoms with Crippen molar-refractivity contribution in [2.24, 2.45) is 0 Å². The van der Waals surface area contributed by atoms with Crippen LogP contribution >= 0.6 is 11.8 Å². The molecule has 3 aromatic carbocycles. The number of carbonyl (C=O) groups excluding carboxylic acids is 2. The average molecular weight is 442 g/mol. The number of imide groups is 1. The van der Waals surface area contributed by atoms with Gasteiger partial charge >= 0.3 is 0 Å². The normalized spacial score (nSPS) is 14.5. The molecule has 0 saturated carbocycles. The first kappa shape index (κ1) is 21.2. The van der Waals surface area contributed by atoms with E-state index in [1.807, 2.05) is 18.2 Å². The molecule has 1 aliphatic rings. The van der Waals surface area contributed by atoms with Crippen molar-refractivity contribution in [1.29, 1.82) is 5.26 Å². The number of benzene rings is 3. The topological polar surface area (TPSA) is 79.6 Å². The largest absolute Gasteiger partial charge is 0.493 e. The van der Waals surface area contributed by atoms with Gasteiger partial charge in [0.2, 0.25) is 0 Å². The Kier molecular flexibility index (Phi) is 6.24. The Hall–Kier alpha value is -4.02. The molecular weight excluding hydrogens is 424 g/mol. The van der Waals surface area contributed by atoms with Gasteiger partial charge in [0, 0.05) is 5.56 Å². The highest BCUT2D eigenvalue weighted by atomic mass is 32.2. The Bertz CT molecular complexity index is 1250. The summed E-state index contributed by atoms with van der Waals surface area (Å²) in [5.41, 5.74) is 2.57. The summed E-state index contributed by atoms with van der Waals surface area (Å²) in [7, 11) is 1.53. The smallest absolute Gasteiger partial charge is 0.298 e. The maximum atomic E-state index is 12.8. The van der Waals surface area contributed by atoms with E-state index in [0.29, 0.717) is 33.2 Å². The highest BCUT2D eigenvalue weighted by molar-refractivity contribution is 8.19. The van der Waals surface area contributed by atoms with Crippen LogP contribution in [0.5, 0.6) is 11.5 Å². The summed E-state index contributed by atoms with van der Waals surface area (Å²) in [6, 6.07) is 23.5. The number of nitriles is 1. The molecule has 4 rings (SSSR count). The fourth-order valence-electron chi connectivity index (χ4n) is 3.22. The molecule has 0 aliphatic carbocycles. The quantitative estimate of drug-likeness (QED) is 0.477. The summed E-state index contributed by atoms with van der Waals surface area (Å²) < 4.78 is 11.3. The van der Waals surface area contributed by atoms with Gasteiger partial charge < -0.3 is 9.47 Å². The van der Waals surface area contributed by atoms with Crippen molar-refractivity contribution in [3.05, 3.63) is 94.4 Å². The van der Waals surface area contributed by atoms with Crippen LogP contribution in [0.4, 0.5) is 10.5 Å². The molecule has 0 radical (unpaired) electrons. The molecule has 3 aromatic rings. The lowest BCUT2D eigenvalue weighted by atomic mass is 10.1. The number of hydrogen-bond acceptors (Lipinski definition) is 6. The van der Waals surface area contributed by atoms with Gasteiger partial charge in [-0.25, -0.2) is 4.90 Å². The second-order valence-electron chi connectivity index (χ2n) is 6.82. The minimum absolute atomic E-state index is 0.218. The minimum atomic E-state index is -0.362. The van der Waals surface area contributed by atoms with Gasteiger partial charge in [-0.05, 0) is 53.7 Å². The van der Waals surface area contributed by atoms with Crippen molar-refractivity contribution in [2.45, 2.75) is 6.61 Å². The van der Waals surface area contributed by atoms with E-state index in [4.69, 9.17) is 9.47 Å². The fraction of sp³-hybridized carbons (Fsp3) is 0.0800. The number of amides is 2. The van der Waals surface area contributed by atoms with E-state index in [1.165, 1.54) is 7.11 Å². The molecule has 1 aliphatic heterocycles. The standard InChI is InChI=1S/C25H18N2O4S/c1-30-22-13-17(11-12-21(22)31-16-19-8-6-5-7-18(19)15-26)14-23-24(28)27(25(29)32-23)20-9-3-2-4-10-20/h2-14H,16H2,1H3/b23-14-. The summed E-state index contributed by atoms with van der Waals surface area (Å²) in [6.07, 6.45) is 1.66. The number of nitrogens with zero attached hydrogens (tertiary/aromatic N) is 2. The monoisotopic (exact) mass is 442 g/mol. The fourth-order valence-corrected chi connectivity index (χ4v) is 4.06. The number of thioether (sulfide) groups is 1. The first-order valence-electron chi connectivity index (χ1n) is 9.72. The van der Waals surface area contributed by atoms with E-state index in [1.54, 1.807) is 60.7 Å². The maximum Gasteiger partial charge on any atom is 0.298 e. The molecule has 7 heteroatoms. The Morgan fingerprint density at radius 1 is 1.00 bits per heavy atom. The van der Waals surface area contributed by atoms with Gasteiger partial charge in [-0.3, -0.25) is 9.59 Å². The van der Waals surface area contributed by atoms with E-state index in [-0.39, 0.29) is 17.8 Å². The van der Waals surface area contributed by atoms with Gasteiger partial charge in [-0.15, -0.1) is 0 Å². The third kappa shape index (κ3) is 4.36. The van der Waals surface area contributed by atoms with E-state index in [2.05, 4.69) is 6.07 Å². The molecule has 2 amide bonds. The summed E-state index contributed by atoms with van der Waals surface area (Å²) in [5.74, 6) is 0.629. The van der Waals surface area contributed by atoms with Crippen molar-refractivity contribution in [2.75, 3.05) is 12.0 Å². The van der Waals surface area contributed by atoms with E-state index < -0.39 is 0 Å². The SMILES string of the molecule is COc1cc(/C=C2\SC(=O)N(c3ccccc3)C2=O)ccc1OCc1ccccc1C#N. The van der Waals surface area contributed by atoms with Crippen LogP contribution < -0.4 is 14.4 Å². The average Bonchev–Trinajstić information content (AvgIpc) is 3.11. The van der Waals surface area contributed by atoms with Gasteiger partial charge in [-0.2, -0.15) is 5.26 Å². The molecule has 1 saturated heterocycles. The zero-order chi connectivity index (χ0) is 22.5. The van der Waals surface area contributed by atoms with Crippen LogP contribution in [-0.2, 0) is 11.4 Å². The Labute approximate surface area is 189 Å². The number of rotatable bonds is 6. The predicted octanol–water partition coefficient (Wildman–Crippen LogP) is 5.39. The lowest BCUT2D eigenvalue weighted by molar-refractivity contribution is -0.113. The third-order valence-electron chi connectivity index (χ3n) is 4.81. The van der Waals surface area contributed by atoms with E-state index >= 15 is 0 Å². The summed E-state index contributed by atoms with van der Waals surface area (Å²) >= 11 is 0.897. The van der Waals surface area contributed by atoms with Crippen LogP contribution in [0.15, 0.2) is 77.7 Å². The number of anilines is 1. The molecule has 1 heterocycles. The van der Waals surface area contributed by atoms with Crippen molar-refractivity contribution in [1.82, 2.24) is 0 Å². The molecule has 0 aromatic heterocycles. The third-order valence-corrected chi connectivity index (χ3v) is 5.68. The summed E-state index contributed by atoms with van der Waals surface area (Å²) in [5, 5.41) is 8.89. The second-order valence-corrected chi connectivity index (χ2v) is 7.81. The van der Waals surface area contributed by atoms with Crippen molar-refractivity contribution in [3.8, 4) is 17.6 Å². The molecular formula is C25H18N2O4S. The Morgan fingerprint density at radius 3 is 2.50 bits per heavy atom. The molecule has 6 nitrogen and oxygen atoms in total. The van der Waals surface area contributed by atoms with E-state index in [9.17, 15) is 14.9 Å². The molecule has 0 unspecified atom stereocenters. The zero-order valence-corrected chi connectivity index (χ0v) is 18.0. The van der Waals surface area contributed by atoms with Crippen molar-refractivity contribution >= 4 is 34.7 Å². The number of ether oxygens (including phenoxy) is 2. The van der Waals surface area contributed by atoms with Gasteiger partial charge in [0.25, 0.3) is 11.1 Å². The molecule has 158 valence electrons. The summed E-state index contributed by atoms with van der Waals surface area (Å²) in [6.45, 7) is 0.218. The van der Waals surface area contributed by atoms with Crippen molar-refractivity contribution < 1.29 is 19.1 Å². The van der Waals surface area contributed by atoms with Crippen LogP contribution in [0.1, 0.15) is 16.7 Å². The molecule has 0 atom stereocenters. The number of hydrogen-bond donors (Lipinski definition) is 0. The lowest BCUT2D eigenvalue weighted by Crippen LogP contribution is -2.27. The van der Waals surface area contributed by atoms with Crippen LogP contribution in [0.3, 0.4) is 0 Å². The van der Waals surface area contributed by atoms with Crippen LogP contribution in [0, 0.1) is 11.3 Å². The predicted molar refractivity (Wildman–Crippen MR) is 123 cm³/mol. The maximum absolute atomic E-state index is 12.8. The second kappa shape index (κ2) is 9.41. The Balaban J connectivity index is 1.54. The lowest BCUT2D eigenvalue weighted by Gasteiger charge is -2.12. The van der Waals surface area contributed by atoms with Gasteiger partial charge in [-0.1, -0.05) is 42.5 Å². The molecule has 1 fully saturated rings. The first-order valence-corrected chi connectivity index (χ1v) is 10.5. The van der Waals surface area contributed by atoms with Crippen molar-refractivity contribution in [3.63, 3.8) is 0 Å². The highest BCUT2D eigenvalue weighted by Crippen LogP contribution is 2.37. The van der Waals surface area contributed by atoms with Crippen LogP contribution in [0.2, 0.25) is 0 Å². The van der Waals surface area contributed by atoms with Gasteiger partial charge in [0.05, 0.1) is 29.3 Å². The number of carbonyl (C=O) groups is 2. The number of para-hydroxylation sites is 1. The van der Waals surface area contributed by atoms with Crippen LogP contribution in [0.25, 0.3) is 6.08 Å². The summed E-state index contributed by atoms with van der Waals surface area (Å²) in [4.78, 5) is 26.7. The minimum Gasteiger partial charge on any atom is -0.493 e. The molecule has 32 heavy (non-hydrogen) atoms. The zero-order valence-electron chi connectivity index (χ0n) is 17.1. The van der Waals surface area contributed by atoms with Gasteiger partial charge in [0.1, 0.15) is 6.61 Å². The molecule has 0 spiro atoms. The highest BCUT2D eigenvalue weighted by Gasteiger charge is 2.36. The molecule has 0 N–H and O–H groups in total. The Morgan fingerprint density at radius 2 is 1.75 bits per heavy atom. The number of methoxy groups -OCH3 is 1. The first-order chi connectivity index (χ1) is 15.6. The van der Waals surface area contributed by atoms with Gasteiger partial charge in [0.15, 0.2) is 11.5 Å². The van der Waals surface area contributed by atoms with Crippen LogP contribution in [-0.4, -0.2) is 18.3 Å². The molecule has 0 bridgehead atoms. The van der Waals surface area contributed by atoms with E-state index in [0.717, 1.165) is 22.2 Å².